The Morgan fingerprint density at radius 2 is 2.38 bits per heavy atom. The number of phosphoric ester groups is 1. The summed E-state index contributed by atoms with van der Waals surface area (Å²) in [6.45, 7) is 2.05. The molecule has 2 unspecified atom stereocenters. The summed E-state index contributed by atoms with van der Waals surface area (Å²) in [4.78, 5) is 32.2. The van der Waals surface area contributed by atoms with E-state index in [1.807, 2.05) is 6.92 Å². The van der Waals surface area contributed by atoms with E-state index in [1.165, 1.54) is 10.9 Å². The fraction of sp³-hybridized carbons (Fsp3) is 0.615. The maximum Gasteiger partial charge on any atom is 0.472 e. The first-order valence-electron chi connectivity index (χ1n) is 7.89. The van der Waals surface area contributed by atoms with Crippen LogP contribution in [0.4, 0.5) is 5.95 Å². The Morgan fingerprint density at radius 1 is 1.62 bits per heavy atom. The number of imidazole rings is 1. The minimum atomic E-state index is -4.26. The number of phosphoric acid groups is 1. The zero-order chi connectivity index (χ0) is 18.7. The van der Waals surface area contributed by atoms with Crippen LogP contribution in [0.1, 0.15) is 19.6 Å². The minimum Gasteiger partial charge on any atom is -0.369 e. The van der Waals surface area contributed by atoms with Crippen molar-refractivity contribution in [3.8, 4) is 0 Å². The molecule has 4 N–H and O–H groups in total. The summed E-state index contributed by atoms with van der Waals surface area (Å²) in [6, 6.07) is 0. The van der Waals surface area contributed by atoms with Crippen molar-refractivity contribution in [3.63, 3.8) is 0 Å². The third-order valence-electron chi connectivity index (χ3n) is 4.77. The summed E-state index contributed by atoms with van der Waals surface area (Å²) in [7, 11) is -3.17. The topological polar surface area (TPSA) is 164 Å². The lowest BCUT2D eigenvalue weighted by Crippen LogP contribution is -2.40. The van der Waals surface area contributed by atoms with Gasteiger partial charge in [0.15, 0.2) is 17.4 Å². The predicted molar refractivity (Wildman–Crippen MR) is 87.2 cm³/mol. The van der Waals surface area contributed by atoms with Crippen molar-refractivity contribution in [2.45, 2.75) is 37.4 Å². The summed E-state index contributed by atoms with van der Waals surface area (Å²) in [6.07, 6.45) is -0.465. The fourth-order valence-corrected chi connectivity index (χ4v) is 4.11. The van der Waals surface area contributed by atoms with Gasteiger partial charge in [-0.15, -0.1) is 0 Å². The van der Waals surface area contributed by atoms with E-state index >= 15 is 0 Å². The lowest BCUT2D eigenvalue weighted by atomic mass is 9.96. The lowest BCUT2D eigenvalue weighted by molar-refractivity contribution is -0.173. The van der Waals surface area contributed by atoms with E-state index in [0.717, 1.165) is 7.11 Å². The van der Waals surface area contributed by atoms with Gasteiger partial charge in [-0.3, -0.25) is 23.4 Å². The first-order valence-corrected chi connectivity index (χ1v) is 9.38. The van der Waals surface area contributed by atoms with Gasteiger partial charge < -0.3 is 20.1 Å². The molecule has 4 rings (SSSR count). The van der Waals surface area contributed by atoms with E-state index in [1.54, 1.807) is 0 Å². The molecule has 0 aliphatic carbocycles. The molecule has 0 aromatic carbocycles. The van der Waals surface area contributed by atoms with Crippen molar-refractivity contribution in [1.82, 2.24) is 19.5 Å². The number of aromatic amines is 1. The largest absolute Gasteiger partial charge is 0.472 e. The Labute approximate surface area is 146 Å². The normalized spacial score (nSPS) is 33.0. The standard InChI is InChI=1S/C13H18N5O7P/c1-3-13-4-23-7(8(13)25-26(20,21)22-2)11(24-13)18-5-15-6-9(18)16-12(14)17-10(6)19/h5,7-8,11H,3-4H2,1-2H3,(H,20,21)(H3,14,16,17,19)/t7-,8?,11+,13-/m0/s1. The number of hydrogen-bond acceptors (Lipinski definition) is 9. The first-order chi connectivity index (χ1) is 12.3. The quantitative estimate of drug-likeness (QED) is 0.591. The summed E-state index contributed by atoms with van der Waals surface area (Å²) < 4.78 is 35.1. The Kier molecular flexibility index (Phi) is 3.95. The van der Waals surface area contributed by atoms with Crippen molar-refractivity contribution in [1.29, 1.82) is 0 Å². The second-order valence-electron chi connectivity index (χ2n) is 6.15. The highest BCUT2D eigenvalue weighted by Gasteiger charge is 2.63. The van der Waals surface area contributed by atoms with Gasteiger partial charge in [-0.25, -0.2) is 9.55 Å². The summed E-state index contributed by atoms with van der Waals surface area (Å²) in [5.74, 6) is -0.0643. The molecule has 5 atom stereocenters. The highest BCUT2D eigenvalue weighted by Crippen LogP contribution is 2.55. The van der Waals surface area contributed by atoms with Gasteiger partial charge >= 0.3 is 7.82 Å². The monoisotopic (exact) mass is 387 g/mol. The Balaban J connectivity index is 1.76. The van der Waals surface area contributed by atoms with Crippen LogP contribution in [0, 0.1) is 0 Å². The number of nitrogens with zero attached hydrogens (tertiary/aromatic N) is 3. The number of rotatable bonds is 5. The Bertz CT molecular complexity index is 960. The van der Waals surface area contributed by atoms with Crippen LogP contribution in [0.3, 0.4) is 0 Å². The molecule has 2 bridgehead atoms. The molecule has 12 nitrogen and oxygen atoms in total. The van der Waals surface area contributed by atoms with E-state index in [2.05, 4.69) is 19.5 Å². The smallest absolute Gasteiger partial charge is 0.369 e. The molecular weight excluding hydrogens is 369 g/mol. The van der Waals surface area contributed by atoms with Gasteiger partial charge in [0.1, 0.15) is 17.8 Å². The second-order valence-corrected chi connectivity index (χ2v) is 7.67. The molecule has 2 aliphatic heterocycles. The molecule has 4 heterocycles. The van der Waals surface area contributed by atoms with E-state index in [9.17, 15) is 14.3 Å². The van der Waals surface area contributed by atoms with E-state index in [4.69, 9.17) is 19.7 Å². The van der Waals surface area contributed by atoms with Crippen LogP contribution in [0.15, 0.2) is 11.1 Å². The van der Waals surface area contributed by atoms with E-state index in [-0.39, 0.29) is 23.7 Å². The van der Waals surface area contributed by atoms with Crippen LogP contribution in [0.25, 0.3) is 11.2 Å². The molecule has 0 amide bonds. The lowest BCUT2D eigenvalue weighted by Gasteiger charge is -2.30. The molecule has 0 spiro atoms. The average Bonchev–Trinajstić information content (AvgIpc) is 3.25. The summed E-state index contributed by atoms with van der Waals surface area (Å²) in [5, 5.41) is 0. The van der Waals surface area contributed by atoms with Crippen LogP contribution >= 0.6 is 7.82 Å². The minimum absolute atomic E-state index is 0.0643. The SMILES string of the molecule is CC[C@]12CO[C@@H](C1OP(=O)(O)OC)[C@H](n1cnc3c(=O)[nH]c(N)nc31)O2. The Morgan fingerprint density at radius 3 is 3.08 bits per heavy atom. The molecule has 2 fully saturated rings. The summed E-state index contributed by atoms with van der Waals surface area (Å²) >= 11 is 0. The predicted octanol–water partition coefficient (Wildman–Crippen LogP) is -0.0898. The molecule has 26 heavy (non-hydrogen) atoms. The second kappa shape index (κ2) is 5.84. The number of hydrogen-bond donors (Lipinski definition) is 3. The average molecular weight is 387 g/mol. The Hall–Kier alpha value is -1.82. The number of aromatic nitrogens is 4. The van der Waals surface area contributed by atoms with Gasteiger partial charge in [0.05, 0.1) is 12.9 Å². The number of nitrogen functional groups attached to an aromatic ring is 1. The number of ether oxygens (including phenoxy) is 2. The van der Waals surface area contributed by atoms with Gasteiger partial charge in [0, 0.05) is 7.11 Å². The van der Waals surface area contributed by atoms with Crippen molar-refractivity contribution >= 4 is 24.9 Å². The van der Waals surface area contributed by atoms with Crippen LogP contribution in [-0.2, 0) is 23.1 Å². The maximum atomic E-state index is 12.0. The molecule has 13 heteroatoms. The van der Waals surface area contributed by atoms with Crippen molar-refractivity contribution in [2.75, 3.05) is 19.5 Å². The third-order valence-corrected chi connectivity index (χ3v) is 5.73. The molecule has 0 radical (unpaired) electrons. The molecular formula is C13H18N5O7P. The van der Waals surface area contributed by atoms with Crippen LogP contribution in [0.2, 0.25) is 0 Å². The highest BCUT2D eigenvalue weighted by molar-refractivity contribution is 7.47. The van der Waals surface area contributed by atoms with E-state index < -0.39 is 37.4 Å². The van der Waals surface area contributed by atoms with Crippen molar-refractivity contribution in [2.24, 2.45) is 0 Å². The zero-order valence-corrected chi connectivity index (χ0v) is 14.9. The molecule has 2 saturated heterocycles. The molecule has 2 aromatic heterocycles. The number of fused-ring (bicyclic) bond motifs is 3. The molecule has 142 valence electrons. The van der Waals surface area contributed by atoms with Crippen LogP contribution < -0.4 is 11.3 Å². The summed E-state index contributed by atoms with van der Waals surface area (Å²) in [5.41, 5.74) is 4.52. The van der Waals surface area contributed by atoms with Crippen LogP contribution in [-0.4, -0.2) is 55.9 Å². The molecule has 0 saturated carbocycles. The first kappa shape index (κ1) is 17.6. The van der Waals surface area contributed by atoms with Crippen molar-refractivity contribution < 1.29 is 28.0 Å². The maximum absolute atomic E-state index is 12.0. The molecule has 2 aromatic rings. The third kappa shape index (κ3) is 2.49. The number of nitrogens with one attached hydrogen (secondary N) is 1. The van der Waals surface area contributed by atoms with Gasteiger partial charge in [-0.2, -0.15) is 4.98 Å². The van der Waals surface area contributed by atoms with Gasteiger partial charge in [0.25, 0.3) is 5.56 Å². The molecule has 2 aliphatic rings. The highest BCUT2D eigenvalue weighted by atomic mass is 31.2. The number of H-pyrrole nitrogens is 1. The van der Waals surface area contributed by atoms with Crippen molar-refractivity contribution in [3.05, 3.63) is 16.7 Å². The van der Waals surface area contributed by atoms with Crippen LogP contribution in [0.5, 0.6) is 0 Å². The van der Waals surface area contributed by atoms with Gasteiger partial charge in [-0.05, 0) is 6.42 Å². The fourth-order valence-electron chi connectivity index (χ4n) is 3.42. The zero-order valence-electron chi connectivity index (χ0n) is 14.0. The number of anilines is 1. The van der Waals surface area contributed by atoms with E-state index in [0.29, 0.717) is 6.42 Å². The number of nitrogens with two attached hydrogens (primary N) is 1. The van der Waals surface area contributed by atoms with Gasteiger partial charge in [0.2, 0.25) is 5.95 Å². The van der Waals surface area contributed by atoms with Gasteiger partial charge in [-0.1, -0.05) is 6.92 Å².